The Morgan fingerprint density at radius 2 is 1.78 bits per heavy atom. The Balaban J connectivity index is 1.78. The van der Waals surface area contributed by atoms with E-state index in [-0.39, 0.29) is 12.3 Å². The Bertz CT molecular complexity index is 935. The van der Waals surface area contributed by atoms with Crippen LogP contribution >= 0.6 is 0 Å². The van der Waals surface area contributed by atoms with Crippen molar-refractivity contribution in [3.05, 3.63) is 60.0 Å². The highest BCUT2D eigenvalue weighted by Gasteiger charge is 2.19. The van der Waals surface area contributed by atoms with Crippen LogP contribution in [0.4, 0.5) is 5.69 Å². The fourth-order valence-corrected chi connectivity index (χ4v) is 2.74. The van der Waals surface area contributed by atoms with E-state index < -0.39 is 0 Å². The molecule has 27 heavy (non-hydrogen) atoms. The zero-order valence-corrected chi connectivity index (χ0v) is 15.9. The SMILES string of the molecule is COc1ccc(N(C)C(=O)Cc2nc(-c3ccccc3)oc2C)cc1OC. The van der Waals surface area contributed by atoms with Crippen molar-refractivity contribution in [3.8, 4) is 23.0 Å². The van der Waals surface area contributed by atoms with Gasteiger partial charge in [-0.05, 0) is 31.2 Å². The smallest absolute Gasteiger partial charge is 0.232 e. The van der Waals surface area contributed by atoms with Crippen molar-refractivity contribution in [2.75, 3.05) is 26.2 Å². The Labute approximate surface area is 158 Å². The second-order valence-corrected chi connectivity index (χ2v) is 6.06. The van der Waals surface area contributed by atoms with E-state index in [9.17, 15) is 4.79 Å². The summed E-state index contributed by atoms with van der Waals surface area (Å²) in [7, 11) is 4.86. The third-order valence-corrected chi connectivity index (χ3v) is 4.36. The first kappa shape index (κ1) is 18.5. The summed E-state index contributed by atoms with van der Waals surface area (Å²) in [5.74, 6) is 2.24. The number of benzene rings is 2. The van der Waals surface area contributed by atoms with Crippen LogP contribution in [0.15, 0.2) is 52.9 Å². The van der Waals surface area contributed by atoms with Gasteiger partial charge in [0.25, 0.3) is 0 Å². The summed E-state index contributed by atoms with van der Waals surface area (Å²) in [5, 5.41) is 0. The van der Waals surface area contributed by atoms with E-state index in [1.54, 1.807) is 38.3 Å². The summed E-state index contributed by atoms with van der Waals surface area (Å²) >= 11 is 0. The number of rotatable bonds is 6. The fraction of sp³-hybridized carbons (Fsp3) is 0.238. The monoisotopic (exact) mass is 366 g/mol. The molecule has 0 unspecified atom stereocenters. The number of aromatic nitrogens is 1. The zero-order chi connectivity index (χ0) is 19.4. The van der Waals surface area contributed by atoms with Crippen molar-refractivity contribution in [3.63, 3.8) is 0 Å². The van der Waals surface area contributed by atoms with Crippen LogP contribution in [0.25, 0.3) is 11.5 Å². The number of ether oxygens (including phenoxy) is 2. The molecule has 140 valence electrons. The zero-order valence-electron chi connectivity index (χ0n) is 15.9. The van der Waals surface area contributed by atoms with Crippen molar-refractivity contribution in [2.24, 2.45) is 0 Å². The van der Waals surface area contributed by atoms with Crippen molar-refractivity contribution in [2.45, 2.75) is 13.3 Å². The number of carbonyl (C=O) groups excluding carboxylic acids is 1. The first-order valence-electron chi connectivity index (χ1n) is 8.53. The number of anilines is 1. The summed E-state index contributed by atoms with van der Waals surface area (Å²) in [6, 6.07) is 15.0. The molecular formula is C21H22N2O4. The molecule has 0 bridgehead atoms. The van der Waals surface area contributed by atoms with Crippen LogP contribution < -0.4 is 14.4 Å². The maximum absolute atomic E-state index is 12.7. The molecule has 6 nitrogen and oxygen atoms in total. The van der Waals surface area contributed by atoms with Crippen LogP contribution in [0.1, 0.15) is 11.5 Å². The van der Waals surface area contributed by atoms with Gasteiger partial charge in [0.15, 0.2) is 11.5 Å². The molecule has 0 fully saturated rings. The largest absolute Gasteiger partial charge is 0.493 e. The van der Waals surface area contributed by atoms with Gasteiger partial charge in [-0.1, -0.05) is 18.2 Å². The number of nitrogens with zero attached hydrogens (tertiary/aromatic N) is 2. The minimum Gasteiger partial charge on any atom is -0.493 e. The summed E-state index contributed by atoms with van der Waals surface area (Å²) in [4.78, 5) is 18.8. The lowest BCUT2D eigenvalue weighted by atomic mass is 10.2. The first-order chi connectivity index (χ1) is 13.0. The highest BCUT2D eigenvalue weighted by atomic mass is 16.5. The molecular weight excluding hydrogens is 344 g/mol. The van der Waals surface area contributed by atoms with Gasteiger partial charge in [0, 0.05) is 24.4 Å². The number of likely N-dealkylation sites (N-methyl/N-ethyl adjacent to an activating group) is 1. The van der Waals surface area contributed by atoms with E-state index in [2.05, 4.69) is 4.98 Å². The third kappa shape index (κ3) is 3.95. The molecule has 0 saturated carbocycles. The molecule has 1 amide bonds. The van der Waals surface area contributed by atoms with Crippen LogP contribution in [-0.4, -0.2) is 32.2 Å². The summed E-state index contributed by atoms with van der Waals surface area (Å²) in [6.45, 7) is 1.82. The lowest BCUT2D eigenvalue weighted by Gasteiger charge is -2.18. The van der Waals surface area contributed by atoms with Crippen LogP contribution in [0.5, 0.6) is 11.5 Å². The first-order valence-corrected chi connectivity index (χ1v) is 8.53. The Hall–Kier alpha value is -3.28. The number of hydrogen-bond acceptors (Lipinski definition) is 5. The Morgan fingerprint density at radius 3 is 2.44 bits per heavy atom. The van der Waals surface area contributed by atoms with Gasteiger partial charge in [0.05, 0.1) is 26.3 Å². The molecule has 0 aliphatic rings. The average molecular weight is 366 g/mol. The molecule has 0 aliphatic heterocycles. The number of aryl methyl sites for hydroxylation is 1. The van der Waals surface area contributed by atoms with Gasteiger partial charge in [-0.2, -0.15) is 0 Å². The van der Waals surface area contributed by atoms with E-state index in [4.69, 9.17) is 13.9 Å². The molecule has 1 heterocycles. The van der Waals surface area contributed by atoms with Gasteiger partial charge in [0.2, 0.25) is 11.8 Å². The van der Waals surface area contributed by atoms with E-state index >= 15 is 0 Å². The Morgan fingerprint density at radius 1 is 1.07 bits per heavy atom. The summed E-state index contributed by atoms with van der Waals surface area (Å²) < 4.78 is 16.3. The molecule has 0 N–H and O–H groups in total. The van der Waals surface area contributed by atoms with Crippen LogP contribution in [0.3, 0.4) is 0 Å². The minimum atomic E-state index is -0.0989. The number of amides is 1. The fourth-order valence-electron chi connectivity index (χ4n) is 2.74. The van der Waals surface area contributed by atoms with Gasteiger partial charge < -0.3 is 18.8 Å². The molecule has 3 aromatic rings. The third-order valence-electron chi connectivity index (χ3n) is 4.36. The molecule has 1 aromatic heterocycles. The second kappa shape index (κ2) is 7.95. The van der Waals surface area contributed by atoms with Crippen LogP contribution in [-0.2, 0) is 11.2 Å². The molecule has 0 radical (unpaired) electrons. The van der Waals surface area contributed by atoms with Crippen molar-refractivity contribution < 1.29 is 18.7 Å². The quantitative estimate of drug-likeness (QED) is 0.662. The minimum absolute atomic E-state index is 0.0989. The second-order valence-electron chi connectivity index (χ2n) is 6.06. The predicted molar refractivity (Wildman–Crippen MR) is 103 cm³/mol. The topological polar surface area (TPSA) is 64.8 Å². The van der Waals surface area contributed by atoms with Crippen LogP contribution in [0.2, 0.25) is 0 Å². The van der Waals surface area contributed by atoms with Crippen molar-refractivity contribution in [1.29, 1.82) is 0 Å². The standard InChI is InChI=1S/C21H22N2O4/c1-14-17(22-21(27-14)15-8-6-5-7-9-15)13-20(24)23(2)16-10-11-18(25-3)19(12-16)26-4/h5-12H,13H2,1-4H3. The number of hydrogen-bond donors (Lipinski definition) is 0. The summed E-state index contributed by atoms with van der Waals surface area (Å²) in [6.07, 6.45) is 0.146. The lowest BCUT2D eigenvalue weighted by Crippen LogP contribution is -2.28. The van der Waals surface area contributed by atoms with Crippen molar-refractivity contribution >= 4 is 11.6 Å². The predicted octanol–water partition coefficient (Wildman–Crippen LogP) is 3.87. The molecule has 2 aromatic carbocycles. The van der Waals surface area contributed by atoms with Gasteiger partial charge in [-0.15, -0.1) is 0 Å². The maximum atomic E-state index is 12.7. The highest BCUT2D eigenvalue weighted by molar-refractivity contribution is 5.94. The van der Waals surface area contributed by atoms with E-state index in [0.717, 1.165) is 5.56 Å². The molecule has 0 aliphatic carbocycles. The number of carbonyl (C=O) groups is 1. The Kier molecular flexibility index (Phi) is 5.45. The number of methoxy groups -OCH3 is 2. The van der Waals surface area contributed by atoms with Gasteiger partial charge in [-0.3, -0.25) is 4.79 Å². The van der Waals surface area contributed by atoms with Crippen molar-refractivity contribution in [1.82, 2.24) is 4.98 Å². The molecule has 6 heteroatoms. The number of oxazole rings is 1. The average Bonchev–Trinajstić information content (AvgIpc) is 3.07. The summed E-state index contributed by atoms with van der Waals surface area (Å²) in [5.41, 5.74) is 2.22. The molecule has 3 rings (SSSR count). The van der Waals surface area contributed by atoms with Gasteiger partial charge in [-0.25, -0.2) is 4.98 Å². The normalized spacial score (nSPS) is 10.5. The van der Waals surface area contributed by atoms with Crippen LogP contribution in [0, 0.1) is 6.92 Å². The highest BCUT2D eigenvalue weighted by Crippen LogP contribution is 2.31. The maximum Gasteiger partial charge on any atom is 0.232 e. The van der Waals surface area contributed by atoms with Gasteiger partial charge >= 0.3 is 0 Å². The van der Waals surface area contributed by atoms with Gasteiger partial charge in [0.1, 0.15) is 5.76 Å². The van der Waals surface area contributed by atoms with E-state index in [1.165, 1.54) is 0 Å². The van der Waals surface area contributed by atoms with E-state index in [0.29, 0.717) is 34.5 Å². The van der Waals surface area contributed by atoms with E-state index in [1.807, 2.05) is 43.3 Å². The lowest BCUT2D eigenvalue weighted by molar-refractivity contribution is -0.117. The molecule has 0 saturated heterocycles. The molecule has 0 spiro atoms. The molecule has 0 atom stereocenters.